The lowest BCUT2D eigenvalue weighted by atomic mass is 9.82. The van der Waals surface area contributed by atoms with Gasteiger partial charge in [0.15, 0.2) is 0 Å². The Balaban J connectivity index is 1.75. The molecule has 2 aliphatic rings. The van der Waals surface area contributed by atoms with Crippen molar-refractivity contribution in [1.29, 1.82) is 0 Å². The van der Waals surface area contributed by atoms with Crippen molar-refractivity contribution in [2.45, 2.75) is 77.9 Å². The van der Waals surface area contributed by atoms with E-state index in [9.17, 15) is 19.2 Å². The van der Waals surface area contributed by atoms with Crippen molar-refractivity contribution in [2.75, 3.05) is 19.7 Å². The maximum Gasteiger partial charge on any atom is 0.312 e. The second-order valence-electron chi connectivity index (χ2n) is 10.9. The van der Waals surface area contributed by atoms with Crippen LogP contribution in [0, 0.1) is 17.3 Å². The molecule has 4 atom stereocenters. The molecular formula is C26H40N6O5. The Kier molecular flexibility index (Phi) is 9.96. The number of ether oxygens (including phenoxy) is 1. The summed E-state index contributed by atoms with van der Waals surface area (Å²) in [6.07, 6.45) is 8.90. The van der Waals surface area contributed by atoms with E-state index in [1.54, 1.807) is 6.92 Å². The zero-order valence-electron chi connectivity index (χ0n) is 22.2. The van der Waals surface area contributed by atoms with Gasteiger partial charge in [-0.15, -0.1) is 0 Å². The number of carbonyl (C=O) groups excluding carboxylic acids is 4. The molecule has 0 spiro atoms. The molecule has 1 unspecified atom stereocenters. The lowest BCUT2D eigenvalue weighted by molar-refractivity contribution is -0.148. The van der Waals surface area contributed by atoms with Crippen molar-refractivity contribution in [3.63, 3.8) is 0 Å². The van der Waals surface area contributed by atoms with E-state index in [0.29, 0.717) is 13.1 Å². The van der Waals surface area contributed by atoms with Crippen LogP contribution in [0.15, 0.2) is 18.6 Å². The van der Waals surface area contributed by atoms with Gasteiger partial charge in [-0.2, -0.15) is 0 Å². The van der Waals surface area contributed by atoms with Gasteiger partial charge < -0.3 is 26.0 Å². The summed E-state index contributed by atoms with van der Waals surface area (Å²) >= 11 is 0. The molecule has 2 heterocycles. The standard InChI is InChI=1S/C26H40N6O5/c1-5-37-25(36)17-13-28-14-18(17)30-24(35)21(26(2,3)4)32-23(34)20(16-9-7-6-8-10-16)31-22(33)19-15-27-11-12-29-19/h11-12,15-18,20-21,28H,5-10,13-14H2,1-4H3,(H,30,35)(H,31,33)(H,32,34)/t17-,18+,20+,21?/m1/s1. The fourth-order valence-electron chi connectivity index (χ4n) is 5.00. The smallest absolute Gasteiger partial charge is 0.312 e. The normalized spacial score (nSPS) is 21.9. The number of aromatic nitrogens is 2. The van der Waals surface area contributed by atoms with Gasteiger partial charge in [-0.05, 0) is 31.1 Å². The molecule has 3 rings (SSSR count). The third kappa shape index (κ3) is 7.70. The van der Waals surface area contributed by atoms with Gasteiger partial charge in [-0.1, -0.05) is 40.0 Å². The average molecular weight is 517 g/mol. The molecule has 0 radical (unpaired) electrons. The summed E-state index contributed by atoms with van der Waals surface area (Å²) in [5.41, 5.74) is -0.503. The maximum absolute atomic E-state index is 13.6. The molecule has 1 aliphatic carbocycles. The Hall–Kier alpha value is -3.08. The summed E-state index contributed by atoms with van der Waals surface area (Å²) in [5, 5.41) is 11.8. The Morgan fingerprint density at radius 1 is 1.05 bits per heavy atom. The zero-order valence-corrected chi connectivity index (χ0v) is 22.2. The summed E-state index contributed by atoms with van der Waals surface area (Å²) < 4.78 is 5.15. The summed E-state index contributed by atoms with van der Waals surface area (Å²) in [6, 6.07) is -2.14. The minimum Gasteiger partial charge on any atom is -0.466 e. The van der Waals surface area contributed by atoms with Crippen LogP contribution in [0.1, 0.15) is 70.3 Å². The van der Waals surface area contributed by atoms with E-state index in [4.69, 9.17) is 4.74 Å². The Labute approximate surface area is 218 Å². The number of rotatable bonds is 9. The van der Waals surface area contributed by atoms with Crippen molar-refractivity contribution < 1.29 is 23.9 Å². The SMILES string of the molecule is CCOC(=O)[C@@H]1CNC[C@@H]1NC(=O)C(NC(=O)[C@@H](NC(=O)c1cnccn1)C1CCCCC1)C(C)(C)C. The zero-order chi connectivity index (χ0) is 27.0. The number of esters is 1. The summed E-state index contributed by atoms with van der Waals surface area (Å²) in [7, 11) is 0. The second-order valence-corrected chi connectivity index (χ2v) is 10.9. The van der Waals surface area contributed by atoms with E-state index < -0.39 is 41.3 Å². The molecule has 2 fully saturated rings. The highest BCUT2D eigenvalue weighted by atomic mass is 16.5. The molecule has 1 saturated heterocycles. The van der Waals surface area contributed by atoms with Crippen molar-refractivity contribution in [3.05, 3.63) is 24.3 Å². The van der Waals surface area contributed by atoms with Crippen LogP contribution < -0.4 is 21.3 Å². The third-order valence-electron chi connectivity index (χ3n) is 7.03. The van der Waals surface area contributed by atoms with Crippen LogP contribution in [0.5, 0.6) is 0 Å². The van der Waals surface area contributed by atoms with E-state index in [1.165, 1.54) is 18.6 Å². The highest BCUT2D eigenvalue weighted by Crippen LogP contribution is 2.28. The van der Waals surface area contributed by atoms with E-state index in [0.717, 1.165) is 32.1 Å². The van der Waals surface area contributed by atoms with Gasteiger partial charge in [0.25, 0.3) is 5.91 Å². The fourth-order valence-corrected chi connectivity index (χ4v) is 5.00. The Morgan fingerprint density at radius 2 is 1.78 bits per heavy atom. The molecule has 11 heteroatoms. The third-order valence-corrected chi connectivity index (χ3v) is 7.03. The first-order valence-electron chi connectivity index (χ1n) is 13.2. The van der Waals surface area contributed by atoms with Crippen LogP contribution in [0.2, 0.25) is 0 Å². The molecule has 0 bridgehead atoms. The van der Waals surface area contributed by atoms with Crippen molar-refractivity contribution in [3.8, 4) is 0 Å². The van der Waals surface area contributed by atoms with Crippen molar-refractivity contribution in [1.82, 2.24) is 31.2 Å². The van der Waals surface area contributed by atoms with E-state index >= 15 is 0 Å². The average Bonchev–Trinajstić information content (AvgIpc) is 3.34. The van der Waals surface area contributed by atoms with Crippen LogP contribution in [0.4, 0.5) is 0 Å². The molecule has 0 aromatic carbocycles. The number of nitrogens with one attached hydrogen (secondary N) is 4. The number of hydrogen-bond donors (Lipinski definition) is 4. The first-order valence-corrected chi connectivity index (χ1v) is 13.2. The van der Waals surface area contributed by atoms with Crippen molar-refractivity contribution in [2.24, 2.45) is 17.3 Å². The van der Waals surface area contributed by atoms with Crippen molar-refractivity contribution >= 4 is 23.7 Å². The highest BCUT2D eigenvalue weighted by molar-refractivity contribution is 5.97. The lowest BCUT2D eigenvalue weighted by Crippen LogP contribution is -2.61. The predicted octanol–water partition coefficient (Wildman–Crippen LogP) is 0.954. The van der Waals surface area contributed by atoms with Gasteiger partial charge in [0.1, 0.15) is 17.8 Å². The number of nitrogens with zero attached hydrogens (tertiary/aromatic N) is 2. The summed E-state index contributed by atoms with van der Waals surface area (Å²) in [5.74, 6) is -2.19. The number of carbonyl (C=O) groups is 4. The largest absolute Gasteiger partial charge is 0.466 e. The van der Waals surface area contributed by atoms with Gasteiger partial charge in [0.2, 0.25) is 11.8 Å². The molecule has 1 aromatic heterocycles. The van der Waals surface area contributed by atoms with E-state index in [-0.39, 0.29) is 30.1 Å². The monoisotopic (exact) mass is 516 g/mol. The van der Waals surface area contributed by atoms with Gasteiger partial charge in [-0.25, -0.2) is 4.98 Å². The first-order chi connectivity index (χ1) is 17.6. The summed E-state index contributed by atoms with van der Waals surface area (Å²) in [4.78, 5) is 60.3. The Bertz CT molecular complexity index is 945. The minimum atomic E-state index is -0.886. The van der Waals surface area contributed by atoms with Gasteiger partial charge in [0, 0.05) is 25.5 Å². The molecule has 11 nitrogen and oxygen atoms in total. The van der Waals surface area contributed by atoms with Gasteiger partial charge in [0.05, 0.1) is 24.8 Å². The lowest BCUT2D eigenvalue weighted by Gasteiger charge is -2.35. The van der Waals surface area contributed by atoms with Crippen LogP contribution in [-0.2, 0) is 19.1 Å². The fraction of sp³-hybridized carbons (Fsp3) is 0.692. The van der Waals surface area contributed by atoms with Crippen LogP contribution in [0.3, 0.4) is 0 Å². The molecule has 1 saturated carbocycles. The molecule has 1 aromatic rings. The second kappa shape index (κ2) is 12.9. The topological polar surface area (TPSA) is 151 Å². The molecule has 37 heavy (non-hydrogen) atoms. The Morgan fingerprint density at radius 3 is 2.41 bits per heavy atom. The van der Waals surface area contributed by atoms with Gasteiger partial charge >= 0.3 is 5.97 Å². The van der Waals surface area contributed by atoms with Crippen LogP contribution >= 0.6 is 0 Å². The van der Waals surface area contributed by atoms with Gasteiger partial charge in [-0.3, -0.25) is 24.2 Å². The quantitative estimate of drug-likeness (QED) is 0.354. The molecule has 1 aliphatic heterocycles. The van der Waals surface area contributed by atoms with Crippen LogP contribution in [0.25, 0.3) is 0 Å². The van der Waals surface area contributed by atoms with E-state index in [1.807, 2.05) is 20.8 Å². The predicted molar refractivity (Wildman–Crippen MR) is 136 cm³/mol. The molecule has 204 valence electrons. The molecule has 4 N–H and O–H groups in total. The van der Waals surface area contributed by atoms with Crippen LogP contribution in [-0.4, -0.2) is 71.5 Å². The molecular weight excluding hydrogens is 476 g/mol. The number of hydrogen-bond acceptors (Lipinski definition) is 8. The first kappa shape index (κ1) is 28.5. The summed E-state index contributed by atoms with van der Waals surface area (Å²) in [6.45, 7) is 8.43. The van der Waals surface area contributed by atoms with E-state index in [2.05, 4.69) is 31.2 Å². The highest BCUT2D eigenvalue weighted by Gasteiger charge is 2.41. The maximum atomic E-state index is 13.6. The minimum absolute atomic E-state index is 0.0507. The molecule has 3 amide bonds. The number of amides is 3.